The van der Waals surface area contributed by atoms with Crippen molar-refractivity contribution in [3.8, 4) is 5.75 Å². The van der Waals surface area contributed by atoms with Gasteiger partial charge in [0.2, 0.25) is 0 Å². The molecule has 8 heteroatoms. The van der Waals surface area contributed by atoms with Gasteiger partial charge in [0.05, 0.1) is 24.8 Å². The third-order valence-corrected chi connectivity index (χ3v) is 5.42. The van der Waals surface area contributed by atoms with E-state index in [-0.39, 0.29) is 24.0 Å². The Bertz CT molecular complexity index is 758. The standard InChI is InChI=1S/C25H40N2O6/c1-17(2)18(14-20(22-16-32-22)27-24(29)33-25(3,4)5)15-26-23(28)19-10-7-8-11-21(19)31-13-9-12-30-6/h7-8,10-11,17-18,20,22H,9,12-16H2,1-6H3,(H,26,28)(H,27,29)/t18-,20+,22?/m1/s1. The Kier molecular flexibility index (Phi) is 10.4. The SMILES string of the molecule is COCCCOc1ccccc1C(=O)NC[C@@H](C[C@H](NC(=O)OC(C)(C)C)C1CO1)C(C)C. The van der Waals surface area contributed by atoms with Crippen molar-refractivity contribution in [1.82, 2.24) is 10.6 Å². The van der Waals surface area contributed by atoms with Crippen LogP contribution in [-0.4, -0.2) is 63.2 Å². The number of ether oxygens (including phenoxy) is 4. The van der Waals surface area contributed by atoms with Gasteiger partial charge in [0, 0.05) is 26.7 Å². The lowest BCUT2D eigenvalue weighted by atomic mass is 9.88. The summed E-state index contributed by atoms with van der Waals surface area (Å²) in [4.78, 5) is 25.2. The first-order chi connectivity index (χ1) is 15.6. The molecule has 1 aromatic carbocycles. The first kappa shape index (κ1) is 26.9. The first-order valence-electron chi connectivity index (χ1n) is 11.7. The summed E-state index contributed by atoms with van der Waals surface area (Å²) in [6.07, 6.45) is 0.957. The number of hydrogen-bond donors (Lipinski definition) is 2. The highest BCUT2D eigenvalue weighted by Crippen LogP contribution is 2.25. The Morgan fingerprint density at radius 1 is 1.18 bits per heavy atom. The number of epoxide rings is 1. The number of benzene rings is 1. The number of amides is 2. The Balaban J connectivity index is 1.95. The van der Waals surface area contributed by atoms with Crippen LogP contribution in [0.25, 0.3) is 0 Å². The molecule has 33 heavy (non-hydrogen) atoms. The maximum Gasteiger partial charge on any atom is 0.407 e. The smallest absolute Gasteiger partial charge is 0.407 e. The summed E-state index contributed by atoms with van der Waals surface area (Å²) in [6, 6.07) is 7.06. The van der Waals surface area contributed by atoms with E-state index in [2.05, 4.69) is 24.5 Å². The van der Waals surface area contributed by atoms with E-state index in [0.717, 1.165) is 6.42 Å². The van der Waals surface area contributed by atoms with Crippen LogP contribution in [0.5, 0.6) is 5.75 Å². The van der Waals surface area contributed by atoms with Gasteiger partial charge >= 0.3 is 6.09 Å². The van der Waals surface area contributed by atoms with E-state index in [1.54, 1.807) is 19.2 Å². The molecule has 2 N–H and O–H groups in total. The third-order valence-electron chi connectivity index (χ3n) is 5.42. The molecular weight excluding hydrogens is 424 g/mol. The van der Waals surface area contributed by atoms with E-state index in [4.69, 9.17) is 18.9 Å². The van der Waals surface area contributed by atoms with Crippen molar-refractivity contribution in [2.45, 2.75) is 65.2 Å². The molecule has 186 valence electrons. The van der Waals surface area contributed by atoms with Gasteiger partial charge in [0.1, 0.15) is 17.5 Å². The van der Waals surface area contributed by atoms with E-state index < -0.39 is 11.7 Å². The van der Waals surface area contributed by atoms with Gasteiger partial charge in [-0.15, -0.1) is 0 Å². The third kappa shape index (κ3) is 10.0. The number of carbonyl (C=O) groups is 2. The molecule has 1 saturated heterocycles. The molecular formula is C25H40N2O6. The van der Waals surface area contributed by atoms with Crippen LogP contribution >= 0.6 is 0 Å². The second kappa shape index (κ2) is 12.8. The number of rotatable bonds is 13. The Morgan fingerprint density at radius 2 is 1.88 bits per heavy atom. The van der Waals surface area contributed by atoms with Gasteiger partial charge in [-0.2, -0.15) is 0 Å². The molecule has 0 aliphatic carbocycles. The second-order valence-corrected chi connectivity index (χ2v) is 9.77. The quantitative estimate of drug-likeness (QED) is 0.340. The number of para-hydroxylation sites is 1. The van der Waals surface area contributed by atoms with Gasteiger partial charge in [-0.1, -0.05) is 26.0 Å². The van der Waals surface area contributed by atoms with Gasteiger partial charge in [-0.3, -0.25) is 4.79 Å². The lowest BCUT2D eigenvalue weighted by Crippen LogP contribution is -2.44. The van der Waals surface area contributed by atoms with Crippen molar-refractivity contribution < 1.29 is 28.5 Å². The Morgan fingerprint density at radius 3 is 2.48 bits per heavy atom. The molecule has 0 radical (unpaired) electrons. The molecule has 2 amide bonds. The number of alkyl carbamates (subject to hydrolysis) is 1. The molecule has 1 fully saturated rings. The fourth-order valence-electron chi connectivity index (χ4n) is 3.45. The largest absolute Gasteiger partial charge is 0.493 e. The summed E-state index contributed by atoms with van der Waals surface area (Å²) in [5.74, 6) is 0.825. The topological polar surface area (TPSA) is 98.4 Å². The van der Waals surface area contributed by atoms with Crippen molar-refractivity contribution >= 4 is 12.0 Å². The number of nitrogens with one attached hydrogen (secondary N) is 2. The summed E-state index contributed by atoms with van der Waals surface area (Å²) in [6.45, 7) is 11.9. The molecule has 1 aliphatic heterocycles. The lowest BCUT2D eigenvalue weighted by Gasteiger charge is -2.28. The molecule has 8 nitrogen and oxygen atoms in total. The minimum Gasteiger partial charge on any atom is -0.493 e. The van der Waals surface area contributed by atoms with E-state index >= 15 is 0 Å². The summed E-state index contributed by atoms with van der Waals surface area (Å²) in [5.41, 5.74) is -0.0601. The Hall–Kier alpha value is -2.32. The minimum absolute atomic E-state index is 0.0179. The second-order valence-electron chi connectivity index (χ2n) is 9.77. The van der Waals surface area contributed by atoms with E-state index in [1.165, 1.54) is 0 Å². The summed E-state index contributed by atoms with van der Waals surface area (Å²) < 4.78 is 21.7. The fourth-order valence-corrected chi connectivity index (χ4v) is 3.45. The van der Waals surface area contributed by atoms with Crippen molar-refractivity contribution in [2.75, 3.05) is 33.5 Å². The number of methoxy groups -OCH3 is 1. The summed E-state index contributed by atoms with van der Waals surface area (Å²) in [7, 11) is 1.65. The van der Waals surface area contributed by atoms with Crippen LogP contribution in [0.15, 0.2) is 24.3 Å². The molecule has 1 aliphatic rings. The number of hydrogen-bond acceptors (Lipinski definition) is 6. The monoisotopic (exact) mass is 464 g/mol. The minimum atomic E-state index is -0.566. The predicted molar refractivity (Wildman–Crippen MR) is 127 cm³/mol. The predicted octanol–water partition coefficient (Wildman–Crippen LogP) is 3.79. The molecule has 0 aromatic heterocycles. The molecule has 1 aromatic rings. The van der Waals surface area contributed by atoms with Crippen LogP contribution < -0.4 is 15.4 Å². The van der Waals surface area contributed by atoms with Gasteiger partial charge in [0.15, 0.2) is 0 Å². The van der Waals surface area contributed by atoms with Crippen LogP contribution in [0.4, 0.5) is 4.79 Å². The zero-order valence-corrected chi connectivity index (χ0v) is 20.8. The van der Waals surface area contributed by atoms with Gasteiger partial charge in [-0.05, 0) is 51.2 Å². The zero-order valence-electron chi connectivity index (χ0n) is 20.8. The molecule has 1 heterocycles. The van der Waals surface area contributed by atoms with Crippen molar-refractivity contribution in [1.29, 1.82) is 0 Å². The highest BCUT2D eigenvalue weighted by atomic mass is 16.6. The first-order valence-corrected chi connectivity index (χ1v) is 11.7. The summed E-state index contributed by atoms with van der Waals surface area (Å²) in [5, 5.41) is 6.00. The molecule has 1 unspecified atom stereocenters. The molecule has 2 rings (SSSR count). The van der Waals surface area contributed by atoms with Crippen molar-refractivity contribution in [2.24, 2.45) is 11.8 Å². The molecule has 0 bridgehead atoms. The normalized spacial score (nSPS) is 17.2. The van der Waals surface area contributed by atoms with Crippen LogP contribution in [0.3, 0.4) is 0 Å². The van der Waals surface area contributed by atoms with Gasteiger partial charge in [-0.25, -0.2) is 4.79 Å². The average Bonchev–Trinajstić information content (AvgIpc) is 3.57. The van der Waals surface area contributed by atoms with Crippen LogP contribution in [0.2, 0.25) is 0 Å². The van der Waals surface area contributed by atoms with E-state index in [0.29, 0.717) is 50.0 Å². The molecule has 0 spiro atoms. The highest BCUT2D eigenvalue weighted by Gasteiger charge is 2.37. The van der Waals surface area contributed by atoms with E-state index in [1.807, 2.05) is 32.9 Å². The van der Waals surface area contributed by atoms with Gasteiger partial charge in [0.25, 0.3) is 5.91 Å². The van der Waals surface area contributed by atoms with Crippen LogP contribution in [0, 0.1) is 11.8 Å². The highest BCUT2D eigenvalue weighted by molar-refractivity contribution is 5.96. The lowest BCUT2D eigenvalue weighted by molar-refractivity contribution is 0.0482. The fraction of sp³-hybridized carbons (Fsp3) is 0.680. The maximum atomic E-state index is 12.9. The van der Waals surface area contributed by atoms with Gasteiger partial charge < -0.3 is 29.6 Å². The van der Waals surface area contributed by atoms with Crippen molar-refractivity contribution in [3.05, 3.63) is 29.8 Å². The van der Waals surface area contributed by atoms with Crippen LogP contribution in [0.1, 0.15) is 57.8 Å². The molecule has 0 saturated carbocycles. The summed E-state index contributed by atoms with van der Waals surface area (Å²) >= 11 is 0. The van der Waals surface area contributed by atoms with Crippen LogP contribution in [-0.2, 0) is 14.2 Å². The van der Waals surface area contributed by atoms with E-state index in [9.17, 15) is 9.59 Å². The Labute approximate surface area is 197 Å². The molecule has 3 atom stereocenters. The van der Waals surface area contributed by atoms with Crippen molar-refractivity contribution in [3.63, 3.8) is 0 Å². The average molecular weight is 465 g/mol. The maximum absolute atomic E-state index is 12.9. The number of carbonyl (C=O) groups excluding carboxylic acids is 2. The zero-order chi connectivity index (χ0) is 24.4.